The molecule has 2 rings (SSSR count). The van der Waals surface area contributed by atoms with E-state index in [0.29, 0.717) is 12.5 Å². The Morgan fingerprint density at radius 2 is 2.23 bits per heavy atom. The lowest BCUT2D eigenvalue weighted by Crippen LogP contribution is -2.40. The fourth-order valence-corrected chi connectivity index (χ4v) is 3.06. The molecule has 1 fully saturated rings. The molecule has 0 spiro atoms. The molecule has 0 aliphatic heterocycles. The van der Waals surface area contributed by atoms with Crippen LogP contribution in [-0.4, -0.2) is 24.7 Å². The van der Waals surface area contributed by atoms with Crippen LogP contribution in [0, 0.1) is 11.8 Å². The minimum Gasteiger partial charge on any atom is -0.359 e. The third-order valence-corrected chi connectivity index (χ3v) is 4.43. The first-order chi connectivity index (χ1) is 10.6. The van der Waals surface area contributed by atoms with E-state index in [0.717, 1.165) is 35.8 Å². The summed E-state index contributed by atoms with van der Waals surface area (Å²) in [5.74, 6) is 3.70. The molecular weight excluding hydrogens is 276 g/mol. The molecule has 5 nitrogen and oxygen atoms in total. The van der Waals surface area contributed by atoms with Crippen molar-refractivity contribution in [1.29, 1.82) is 0 Å². The van der Waals surface area contributed by atoms with E-state index >= 15 is 0 Å². The van der Waals surface area contributed by atoms with Crippen LogP contribution in [0.3, 0.4) is 0 Å². The van der Waals surface area contributed by atoms with Gasteiger partial charge in [-0.1, -0.05) is 38.8 Å². The highest BCUT2D eigenvalue weighted by Gasteiger charge is 2.18. The molecule has 1 aliphatic carbocycles. The second kappa shape index (κ2) is 8.20. The Balaban J connectivity index is 1.74. The minimum atomic E-state index is 0.392. The summed E-state index contributed by atoms with van der Waals surface area (Å²) in [4.78, 5) is 4.28. The standard InChI is InChI=1S/C17H30N4O/c1-12(2)16-9-15(22-21-16)11-20-17(18-4)19-10-14-7-5-6-13(3)8-14/h9,12-14H,5-8,10-11H2,1-4H3,(H2,18,19,20). The molecule has 0 radical (unpaired) electrons. The van der Waals surface area contributed by atoms with Crippen molar-refractivity contribution in [3.63, 3.8) is 0 Å². The molecule has 0 saturated heterocycles. The van der Waals surface area contributed by atoms with Crippen molar-refractivity contribution in [3.8, 4) is 0 Å². The number of nitrogens with one attached hydrogen (secondary N) is 2. The minimum absolute atomic E-state index is 0.392. The van der Waals surface area contributed by atoms with Crippen LogP contribution < -0.4 is 10.6 Å². The third-order valence-electron chi connectivity index (χ3n) is 4.43. The zero-order valence-electron chi connectivity index (χ0n) is 14.4. The van der Waals surface area contributed by atoms with E-state index in [1.165, 1.54) is 25.7 Å². The summed E-state index contributed by atoms with van der Waals surface area (Å²) in [6.07, 6.45) is 5.39. The molecule has 0 amide bonds. The number of nitrogens with zero attached hydrogens (tertiary/aromatic N) is 2. The zero-order valence-corrected chi connectivity index (χ0v) is 14.4. The molecular formula is C17H30N4O. The van der Waals surface area contributed by atoms with Gasteiger partial charge in [0.2, 0.25) is 0 Å². The molecule has 124 valence electrons. The van der Waals surface area contributed by atoms with Crippen molar-refractivity contribution in [2.75, 3.05) is 13.6 Å². The molecule has 1 aromatic rings. The van der Waals surface area contributed by atoms with E-state index in [1.54, 1.807) is 7.05 Å². The number of hydrogen-bond acceptors (Lipinski definition) is 3. The van der Waals surface area contributed by atoms with Gasteiger partial charge in [-0.3, -0.25) is 4.99 Å². The first-order valence-electron chi connectivity index (χ1n) is 8.48. The molecule has 22 heavy (non-hydrogen) atoms. The van der Waals surface area contributed by atoms with Crippen molar-refractivity contribution >= 4 is 5.96 Å². The summed E-state index contributed by atoms with van der Waals surface area (Å²) in [6.45, 7) is 8.19. The van der Waals surface area contributed by atoms with Gasteiger partial charge in [-0.05, 0) is 30.6 Å². The van der Waals surface area contributed by atoms with Gasteiger partial charge in [-0.25, -0.2) is 0 Å². The van der Waals surface area contributed by atoms with Crippen LogP contribution in [0.1, 0.15) is 63.8 Å². The van der Waals surface area contributed by atoms with Crippen LogP contribution in [0.25, 0.3) is 0 Å². The zero-order chi connectivity index (χ0) is 15.9. The van der Waals surface area contributed by atoms with Gasteiger partial charge in [-0.2, -0.15) is 0 Å². The van der Waals surface area contributed by atoms with Crippen LogP contribution in [0.5, 0.6) is 0 Å². The first kappa shape index (κ1) is 16.8. The van der Waals surface area contributed by atoms with E-state index in [-0.39, 0.29) is 0 Å². The highest BCUT2D eigenvalue weighted by Crippen LogP contribution is 2.27. The van der Waals surface area contributed by atoms with E-state index in [1.807, 2.05) is 6.07 Å². The predicted octanol–water partition coefficient (Wildman–Crippen LogP) is 3.29. The van der Waals surface area contributed by atoms with Crippen molar-refractivity contribution in [1.82, 2.24) is 15.8 Å². The summed E-state index contributed by atoms with van der Waals surface area (Å²) in [7, 11) is 1.80. The smallest absolute Gasteiger partial charge is 0.191 e. The fourth-order valence-electron chi connectivity index (χ4n) is 3.06. The molecule has 2 N–H and O–H groups in total. The van der Waals surface area contributed by atoms with Crippen molar-refractivity contribution in [2.24, 2.45) is 16.8 Å². The lowest BCUT2D eigenvalue weighted by atomic mass is 9.82. The molecule has 0 bridgehead atoms. The van der Waals surface area contributed by atoms with Gasteiger partial charge < -0.3 is 15.2 Å². The Morgan fingerprint density at radius 1 is 1.41 bits per heavy atom. The highest BCUT2D eigenvalue weighted by molar-refractivity contribution is 5.79. The largest absolute Gasteiger partial charge is 0.359 e. The quantitative estimate of drug-likeness (QED) is 0.647. The van der Waals surface area contributed by atoms with E-state index < -0.39 is 0 Å². The van der Waals surface area contributed by atoms with Crippen molar-refractivity contribution in [3.05, 3.63) is 17.5 Å². The van der Waals surface area contributed by atoms with Gasteiger partial charge >= 0.3 is 0 Å². The topological polar surface area (TPSA) is 62.5 Å². The van der Waals surface area contributed by atoms with Crippen LogP contribution in [0.2, 0.25) is 0 Å². The van der Waals surface area contributed by atoms with Gasteiger partial charge in [0, 0.05) is 19.7 Å². The second-order valence-corrected chi connectivity index (χ2v) is 6.82. The third kappa shape index (κ3) is 5.04. The summed E-state index contributed by atoms with van der Waals surface area (Å²) < 4.78 is 5.33. The Morgan fingerprint density at radius 3 is 2.86 bits per heavy atom. The molecule has 1 saturated carbocycles. The monoisotopic (exact) mass is 306 g/mol. The van der Waals surface area contributed by atoms with Crippen molar-refractivity contribution < 1.29 is 4.52 Å². The Labute approximate surface area is 133 Å². The van der Waals surface area contributed by atoms with E-state index in [4.69, 9.17) is 4.52 Å². The summed E-state index contributed by atoms with van der Waals surface area (Å²) in [5.41, 5.74) is 0.996. The lowest BCUT2D eigenvalue weighted by molar-refractivity contribution is 0.282. The molecule has 1 aromatic heterocycles. The van der Waals surface area contributed by atoms with Crippen LogP contribution in [0.15, 0.2) is 15.6 Å². The Kier molecular flexibility index (Phi) is 6.28. The predicted molar refractivity (Wildman–Crippen MR) is 89.9 cm³/mol. The molecule has 1 aliphatic rings. The highest BCUT2D eigenvalue weighted by atomic mass is 16.5. The van der Waals surface area contributed by atoms with Crippen LogP contribution in [0.4, 0.5) is 0 Å². The van der Waals surface area contributed by atoms with Gasteiger partial charge in [-0.15, -0.1) is 0 Å². The summed E-state index contributed by atoms with van der Waals surface area (Å²) >= 11 is 0. The average molecular weight is 306 g/mol. The second-order valence-electron chi connectivity index (χ2n) is 6.82. The van der Waals surface area contributed by atoms with E-state index in [2.05, 4.69) is 41.6 Å². The van der Waals surface area contributed by atoms with Gasteiger partial charge in [0.1, 0.15) is 0 Å². The number of rotatable bonds is 5. The first-order valence-corrected chi connectivity index (χ1v) is 8.48. The summed E-state index contributed by atoms with van der Waals surface area (Å²) in [6, 6.07) is 2.01. The number of hydrogen-bond donors (Lipinski definition) is 2. The van der Waals surface area contributed by atoms with Crippen LogP contribution >= 0.6 is 0 Å². The number of guanidine groups is 1. The SMILES string of the molecule is CN=C(NCc1cc(C(C)C)no1)NCC1CCCC(C)C1. The molecule has 5 heteroatoms. The van der Waals surface area contributed by atoms with E-state index in [9.17, 15) is 0 Å². The molecule has 2 atom stereocenters. The fraction of sp³-hybridized carbons (Fsp3) is 0.765. The maximum atomic E-state index is 5.33. The normalized spacial score (nSPS) is 22.9. The molecule has 2 unspecified atom stereocenters. The van der Waals surface area contributed by atoms with Gasteiger partial charge in [0.25, 0.3) is 0 Å². The maximum Gasteiger partial charge on any atom is 0.191 e. The number of aromatic nitrogens is 1. The average Bonchev–Trinajstić information content (AvgIpc) is 2.97. The Hall–Kier alpha value is -1.52. The van der Waals surface area contributed by atoms with Crippen LogP contribution in [-0.2, 0) is 6.54 Å². The van der Waals surface area contributed by atoms with Crippen molar-refractivity contribution in [2.45, 2.75) is 58.9 Å². The van der Waals surface area contributed by atoms with Gasteiger partial charge in [0.05, 0.1) is 12.2 Å². The molecule has 1 heterocycles. The maximum absolute atomic E-state index is 5.33. The lowest BCUT2D eigenvalue weighted by Gasteiger charge is -2.27. The number of aliphatic imine (C=N–C) groups is 1. The molecule has 0 aromatic carbocycles. The Bertz CT molecular complexity index is 481. The van der Waals surface area contributed by atoms with Gasteiger partial charge in [0.15, 0.2) is 11.7 Å². The summed E-state index contributed by atoms with van der Waals surface area (Å²) in [5, 5.41) is 10.8.